The van der Waals surface area contributed by atoms with Crippen molar-refractivity contribution in [3.05, 3.63) is 35.9 Å². The van der Waals surface area contributed by atoms with E-state index in [1.807, 2.05) is 6.92 Å². The minimum absolute atomic E-state index is 0.0523. The van der Waals surface area contributed by atoms with Crippen LogP contribution in [-0.4, -0.2) is 5.78 Å². The zero-order valence-corrected chi connectivity index (χ0v) is 8.92. The van der Waals surface area contributed by atoms with E-state index in [2.05, 4.69) is 6.58 Å². The van der Waals surface area contributed by atoms with Gasteiger partial charge in [0.1, 0.15) is 0 Å². The number of rotatable bonds is 4. The predicted octanol–water partition coefficient (Wildman–Crippen LogP) is 2.39. The molecule has 0 atom stereocenters. The lowest BCUT2D eigenvalue weighted by Gasteiger charge is -2.05. The monoisotopic (exact) mass is 204 g/mol. The van der Waals surface area contributed by atoms with Gasteiger partial charge in [-0.25, -0.2) is 0 Å². The Morgan fingerprint density at radius 2 is 2.00 bits per heavy atom. The van der Waals surface area contributed by atoms with Gasteiger partial charge in [-0.1, -0.05) is 19.9 Å². The fraction of sp³-hybridized carbons (Fsp3) is 0.250. The summed E-state index contributed by atoms with van der Waals surface area (Å²) >= 11 is 0. The van der Waals surface area contributed by atoms with E-state index in [0.29, 0.717) is 28.9 Å². The van der Waals surface area contributed by atoms with E-state index in [9.17, 15) is 4.79 Å². The first-order chi connectivity index (χ1) is 7.06. The molecular formula is C12H16N2O. The third kappa shape index (κ3) is 2.59. The van der Waals surface area contributed by atoms with E-state index in [-0.39, 0.29) is 5.78 Å². The van der Waals surface area contributed by atoms with Crippen LogP contribution in [0.3, 0.4) is 0 Å². The Bertz CT molecular complexity index is 397. The number of benzene rings is 1. The molecule has 0 aliphatic heterocycles. The molecule has 3 heteroatoms. The number of hydrogen-bond acceptors (Lipinski definition) is 3. The van der Waals surface area contributed by atoms with Crippen LogP contribution >= 0.6 is 0 Å². The number of carbonyl (C=O) groups is 1. The average Bonchev–Trinajstić information content (AvgIpc) is 2.21. The highest BCUT2D eigenvalue weighted by Crippen LogP contribution is 2.19. The Balaban J connectivity index is 2.92. The van der Waals surface area contributed by atoms with E-state index in [4.69, 9.17) is 11.5 Å². The molecule has 0 aliphatic rings. The maximum atomic E-state index is 11.8. The van der Waals surface area contributed by atoms with E-state index >= 15 is 0 Å². The first kappa shape index (κ1) is 11.3. The van der Waals surface area contributed by atoms with Gasteiger partial charge in [-0.2, -0.15) is 0 Å². The van der Waals surface area contributed by atoms with Gasteiger partial charge in [0, 0.05) is 5.56 Å². The number of allylic oxidation sites excluding steroid dienone is 1. The fourth-order valence-electron chi connectivity index (χ4n) is 1.34. The van der Waals surface area contributed by atoms with Crippen molar-refractivity contribution in [1.29, 1.82) is 0 Å². The summed E-state index contributed by atoms with van der Waals surface area (Å²) in [6.07, 6.45) is 1.62. The van der Waals surface area contributed by atoms with Crippen molar-refractivity contribution in [3.63, 3.8) is 0 Å². The van der Waals surface area contributed by atoms with Crippen LogP contribution in [0.1, 0.15) is 30.1 Å². The van der Waals surface area contributed by atoms with Gasteiger partial charge < -0.3 is 11.5 Å². The van der Waals surface area contributed by atoms with Crippen LogP contribution in [-0.2, 0) is 0 Å². The topological polar surface area (TPSA) is 69.1 Å². The Kier molecular flexibility index (Phi) is 3.50. The molecule has 0 spiro atoms. The number of hydrogen-bond donors (Lipinski definition) is 2. The molecule has 0 unspecified atom stereocenters. The molecular weight excluding hydrogens is 188 g/mol. The van der Waals surface area contributed by atoms with Crippen LogP contribution in [0.4, 0.5) is 11.4 Å². The summed E-state index contributed by atoms with van der Waals surface area (Å²) in [7, 11) is 0. The van der Waals surface area contributed by atoms with E-state index in [1.54, 1.807) is 18.2 Å². The summed E-state index contributed by atoms with van der Waals surface area (Å²) in [5.74, 6) is -0.0523. The molecule has 0 fully saturated rings. The molecule has 0 aliphatic carbocycles. The van der Waals surface area contributed by atoms with Crippen molar-refractivity contribution in [2.24, 2.45) is 0 Å². The second-order valence-corrected chi connectivity index (χ2v) is 3.53. The molecule has 3 nitrogen and oxygen atoms in total. The summed E-state index contributed by atoms with van der Waals surface area (Å²) in [5.41, 5.74) is 13.3. The number of ketones is 1. The van der Waals surface area contributed by atoms with Gasteiger partial charge in [0.15, 0.2) is 5.78 Å². The van der Waals surface area contributed by atoms with Crippen molar-refractivity contribution in [1.82, 2.24) is 0 Å². The van der Waals surface area contributed by atoms with Gasteiger partial charge >= 0.3 is 0 Å². The van der Waals surface area contributed by atoms with Crippen molar-refractivity contribution in [2.75, 3.05) is 11.5 Å². The molecule has 1 aromatic carbocycles. The molecule has 0 aromatic heterocycles. The minimum Gasteiger partial charge on any atom is -0.397 e. The quantitative estimate of drug-likeness (QED) is 0.449. The van der Waals surface area contributed by atoms with E-state index < -0.39 is 0 Å². The molecule has 80 valence electrons. The van der Waals surface area contributed by atoms with Gasteiger partial charge in [-0.05, 0) is 30.2 Å². The van der Waals surface area contributed by atoms with Crippen LogP contribution in [0.15, 0.2) is 30.4 Å². The highest BCUT2D eigenvalue weighted by atomic mass is 16.1. The number of anilines is 2. The highest BCUT2D eigenvalue weighted by molar-refractivity contribution is 6.09. The molecule has 15 heavy (non-hydrogen) atoms. The van der Waals surface area contributed by atoms with Crippen LogP contribution < -0.4 is 11.5 Å². The highest BCUT2D eigenvalue weighted by Gasteiger charge is 2.10. The lowest BCUT2D eigenvalue weighted by Crippen LogP contribution is -2.04. The summed E-state index contributed by atoms with van der Waals surface area (Å²) in [5, 5.41) is 0. The Labute approximate surface area is 89.8 Å². The van der Waals surface area contributed by atoms with Gasteiger partial charge in [0.05, 0.1) is 11.4 Å². The molecule has 0 amide bonds. The molecule has 1 aromatic rings. The summed E-state index contributed by atoms with van der Waals surface area (Å²) in [6, 6.07) is 4.91. The van der Waals surface area contributed by atoms with Gasteiger partial charge in [-0.3, -0.25) is 4.79 Å². The molecule has 0 radical (unpaired) electrons. The normalized spacial score (nSPS) is 9.93. The van der Waals surface area contributed by atoms with Crippen molar-refractivity contribution >= 4 is 17.2 Å². The zero-order valence-electron chi connectivity index (χ0n) is 8.92. The number of carbonyl (C=O) groups excluding carboxylic acids is 1. The summed E-state index contributed by atoms with van der Waals surface area (Å²) in [4.78, 5) is 11.8. The Morgan fingerprint density at radius 1 is 1.33 bits per heavy atom. The zero-order chi connectivity index (χ0) is 11.4. The summed E-state index contributed by atoms with van der Waals surface area (Å²) < 4.78 is 0. The van der Waals surface area contributed by atoms with Crippen LogP contribution in [0.25, 0.3) is 0 Å². The third-order valence-electron chi connectivity index (χ3n) is 2.22. The third-order valence-corrected chi connectivity index (χ3v) is 2.22. The maximum absolute atomic E-state index is 11.8. The van der Waals surface area contributed by atoms with Crippen molar-refractivity contribution in [2.45, 2.75) is 19.8 Å². The SMILES string of the molecule is C=C(CCC)C(=O)c1ccc(N)c(N)c1. The number of nitrogen functional groups attached to an aromatic ring is 2. The van der Waals surface area contributed by atoms with Crippen LogP contribution in [0.2, 0.25) is 0 Å². The molecule has 1 rings (SSSR count). The standard InChI is InChI=1S/C12H16N2O/c1-3-4-8(2)12(15)9-5-6-10(13)11(14)7-9/h5-7H,2-4,13-14H2,1H3. The van der Waals surface area contributed by atoms with Crippen molar-refractivity contribution in [3.8, 4) is 0 Å². The predicted molar refractivity (Wildman–Crippen MR) is 63.6 cm³/mol. The molecule has 0 heterocycles. The van der Waals surface area contributed by atoms with Crippen LogP contribution in [0.5, 0.6) is 0 Å². The number of nitrogens with two attached hydrogens (primary N) is 2. The largest absolute Gasteiger partial charge is 0.397 e. The smallest absolute Gasteiger partial charge is 0.188 e. The molecule has 0 saturated carbocycles. The second kappa shape index (κ2) is 4.64. The van der Waals surface area contributed by atoms with Gasteiger partial charge in [-0.15, -0.1) is 0 Å². The van der Waals surface area contributed by atoms with Crippen LogP contribution in [0, 0.1) is 0 Å². The second-order valence-electron chi connectivity index (χ2n) is 3.53. The fourth-order valence-corrected chi connectivity index (χ4v) is 1.34. The van der Waals surface area contributed by atoms with E-state index in [1.165, 1.54) is 0 Å². The van der Waals surface area contributed by atoms with Crippen molar-refractivity contribution < 1.29 is 4.79 Å². The first-order valence-electron chi connectivity index (χ1n) is 4.93. The Morgan fingerprint density at radius 3 is 2.53 bits per heavy atom. The Hall–Kier alpha value is -1.77. The average molecular weight is 204 g/mol. The minimum atomic E-state index is -0.0523. The lowest BCUT2D eigenvalue weighted by molar-refractivity contribution is 0.103. The summed E-state index contributed by atoms with van der Waals surface area (Å²) in [6.45, 7) is 5.76. The maximum Gasteiger partial charge on any atom is 0.188 e. The van der Waals surface area contributed by atoms with Gasteiger partial charge in [0.2, 0.25) is 0 Å². The lowest BCUT2D eigenvalue weighted by atomic mass is 10.0. The molecule has 4 N–H and O–H groups in total. The first-order valence-corrected chi connectivity index (χ1v) is 4.93. The van der Waals surface area contributed by atoms with Gasteiger partial charge in [0.25, 0.3) is 0 Å². The molecule has 0 bridgehead atoms. The molecule has 0 saturated heterocycles. The van der Waals surface area contributed by atoms with E-state index in [0.717, 1.165) is 6.42 Å². The number of Topliss-reactive ketones (excluding diaryl/α,β-unsaturated/α-hetero) is 1.